The van der Waals surface area contributed by atoms with Gasteiger partial charge in [0.2, 0.25) is 0 Å². The summed E-state index contributed by atoms with van der Waals surface area (Å²) in [5, 5.41) is 4.07. The maximum atomic E-state index is 11.3. The van der Waals surface area contributed by atoms with Crippen LogP contribution in [0.4, 0.5) is 0 Å². The zero-order valence-corrected chi connectivity index (χ0v) is 12.5. The second kappa shape index (κ2) is 5.40. The molecule has 0 amide bonds. The SMILES string of the molecule is Cc1onc(-c2ccccc2)c1-c1cccc(S(=O)(=O)O)c1. The Kier molecular flexibility index (Phi) is 3.56. The zero-order valence-electron chi connectivity index (χ0n) is 11.7. The fourth-order valence-corrected chi connectivity index (χ4v) is 2.84. The first-order chi connectivity index (χ1) is 10.5. The highest BCUT2D eigenvalue weighted by Crippen LogP contribution is 2.34. The summed E-state index contributed by atoms with van der Waals surface area (Å²) in [4.78, 5) is -0.162. The van der Waals surface area contributed by atoms with Crippen molar-refractivity contribution in [3.63, 3.8) is 0 Å². The van der Waals surface area contributed by atoms with E-state index in [4.69, 9.17) is 4.52 Å². The number of nitrogens with zero attached hydrogens (tertiary/aromatic N) is 1. The first-order valence-electron chi connectivity index (χ1n) is 6.56. The van der Waals surface area contributed by atoms with Crippen molar-refractivity contribution < 1.29 is 17.5 Å². The lowest BCUT2D eigenvalue weighted by atomic mass is 10.00. The molecule has 1 heterocycles. The molecule has 0 saturated heterocycles. The molecule has 0 fully saturated rings. The highest BCUT2D eigenvalue weighted by Gasteiger charge is 2.18. The Morgan fingerprint density at radius 2 is 1.68 bits per heavy atom. The van der Waals surface area contributed by atoms with E-state index in [0.717, 1.165) is 5.56 Å². The van der Waals surface area contributed by atoms with Crippen LogP contribution < -0.4 is 0 Å². The van der Waals surface area contributed by atoms with Gasteiger partial charge < -0.3 is 4.52 Å². The van der Waals surface area contributed by atoms with Gasteiger partial charge in [0.15, 0.2) is 0 Å². The van der Waals surface area contributed by atoms with Crippen molar-refractivity contribution in [3.8, 4) is 22.4 Å². The third-order valence-corrected chi connectivity index (χ3v) is 4.18. The van der Waals surface area contributed by atoms with Gasteiger partial charge in [-0.3, -0.25) is 4.55 Å². The smallest absolute Gasteiger partial charge is 0.294 e. The zero-order chi connectivity index (χ0) is 15.7. The molecule has 0 radical (unpaired) electrons. The third kappa shape index (κ3) is 2.66. The second-order valence-electron chi connectivity index (χ2n) is 4.83. The van der Waals surface area contributed by atoms with Gasteiger partial charge in [0.25, 0.3) is 10.1 Å². The highest BCUT2D eigenvalue weighted by atomic mass is 32.2. The normalized spacial score (nSPS) is 11.5. The van der Waals surface area contributed by atoms with Crippen molar-refractivity contribution >= 4 is 10.1 Å². The monoisotopic (exact) mass is 315 g/mol. The van der Waals surface area contributed by atoms with Crippen LogP contribution in [-0.2, 0) is 10.1 Å². The number of rotatable bonds is 3. The molecule has 1 N–H and O–H groups in total. The maximum Gasteiger partial charge on any atom is 0.294 e. The largest absolute Gasteiger partial charge is 0.360 e. The lowest BCUT2D eigenvalue weighted by Crippen LogP contribution is -1.98. The Bertz CT molecular complexity index is 914. The Morgan fingerprint density at radius 3 is 2.36 bits per heavy atom. The average molecular weight is 315 g/mol. The van der Waals surface area contributed by atoms with Gasteiger partial charge in [-0.15, -0.1) is 0 Å². The number of benzene rings is 2. The molecule has 0 aliphatic heterocycles. The fourth-order valence-electron chi connectivity index (χ4n) is 2.32. The van der Waals surface area contributed by atoms with E-state index in [1.165, 1.54) is 12.1 Å². The van der Waals surface area contributed by atoms with Gasteiger partial charge in [-0.25, -0.2) is 0 Å². The van der Waals surface area contributed by atoms with E-state index in [0.29, 0.717) is 22.6 Å². The highest BCUT2D eigenvalue weighted by molar-refractivity contribution is 7.85. The molecule has 6 heteroatoms. The summed E-state index contributed by atoms with van der Waals surface area (Å²) in [6.45, 7) is 1.76. The molecule has 3 aromatic rings. The minimum atomic E-state index is -4.26. The van der Waals surface area contributed by atoms with Crippen LogP contribution in [0.25, 0.3) is 22.4 Å². The summed E-state index contributed by atoms with van der Waals surface area (Å²) in [5.41, 5.74) is 2.82. The van der Waals surface area contributed by atoms with Gasteiger partial charge >= 0.3 is 0 Å². The molecule has 2 aromatic carbocycles. The van der Waals surface area contributed by atoms with Gasteiger partial charge in [-0.1, -0.05) is 47.6 Å². The van der Waals surface area contributed by atoms with Crippen LogP contribution in [0.5, 0.6) is 0 Å². The molecule has 0 saturated carbocycles. The number of aryl methyl sites for hydroxylation is 1. The molecule has 0 aliphatic rings. The van der Waals surface area contributed by atoms with Crippen LogP contribution >= 0.6 is 0 Å². The Balaban J connectivity index is 2.20. The second-order valence-corrected chi connectivity index (χ2v) is 6.25. The predicted octanol–water partition coefficient (Wildman–Crippen LogP) is 3.56. The van der Waals surface area contributed by atoms with Crippen LogP contribution in [0.3, 0.4) is 0 Å². The standard InChI is InChI=1S/C16H13NO4S/c1-11-15(13-8-5-9-14(10-13)22(18,19)20)16(17-21-11)12-6-3-2-4-7-12/h2-10H,1H3,(H,18,19,20). The molecular weight excluding hydrogens is 302 g/mol. The van der Waals surface area contributed by atoms with E-state index in [1.807, 2.05) is 30.3 Å². The van der Waals surface area contributed by atoms with Gasteiger partial charge in [0, 0.05) is 5.56 Å². The third-order valence-electron chi connectivity index (χ3n) is 3.33. The summed E-state index contributed by atoms with van der Waals surface area (Å²) in [7, 11) is -4.26. The van der Waals surface area contributed by atoms with Crippen LogP contribution in [0.15, 0.2) is 64.0 Å². The molecule has 0 spiro atoms. The summed E-state index contributed by atoms with van der Waals surface area (Å²) in [5.74, 6) is 0.575. The molecule has 0 bridgehead atoms. The summed E-state index contributed by atoms with van der Waals surface area (Å²) >= 11 is 0. The van der Waals surface area contributed by atoms with E-state index in [2.05, 4.69) is 5.16 Å². The molecular formula is C16H13NO4S. The molecule has 0 unspecified atom stereocenters. The summed E-state index contributed by atoms with van der Waals surface area (Å²) < 4.78 is 37.1. The van der Waals surface area contributed by atoms with Crippen LogP contribution in [0, 0.1) is 6.92 Å². The molecule has 5 nitrogen and oxygen atoms in total. The Hall–Kier alpha value is -2.44. The van der Waals surface area contributed by atoms with Crippen molar-refractivity contribution in [2.75, 3.05) is 0 Å². The lowest BCUT2D eigenvalue weighted by molar-refractivity contribution is 0.400. The van der Waals surface area contributed by atoms with E-state index >= 15 is 0 Å². The number of hydrogen-bond donors (Lipinski definition) is 1. The molecule has 112 valence electrons. The van der Waals surface area contributed by atoms with Crippen molar-refractivity contribution in [1.29, 1.82) is 0 Å². The predicted molar refractivity (Wildman–Crippen MR) is 81.9 cm³/mol. The van der Waals surface area contributed by atoms with E-state index in [9.17, 15) is 13.0 Å². The molecule has 0 atom stereocenters. The first-order valence-corrected chi connectivity index (χ1v) is 8.00. The van der Waals surface area contributed by atoms with Gasteiger partial charge in [0.05, 0.1) is 10.5 Å². The topological polar surface area (TPSA) is 80.4 Å². The summed E-state index contributed by atoms with van der Waals surface area (Å²) in [6, 6.07) is 15.5. The quantitative estimate of drug-likeness (QED) is 0.747. The van der Waals surface area contributed by atoms with E-state index in [1.54, 1.807) is 19.1 Å². The Labute approximate surface area is 128 Å². The van der Waals surface area contributed by atoms with E-state index < -0.39 is 10.1 Å². The van der Waals surface area contributed by atoms with E-state index in [-0.39, 0.29) is 4.90 Å². The minimum absolute atomic E-state index is 0.162. The average Bonchev–Trinajstić information content (AvgIpc) is 2.89. The lowest BCUT2D eigenvalue weighted by Gasteiger charge is -2.05. The Morgan fingerprint density at radius 1 is 1.00 bits per heavy atom. The molecule has 1 aromatic heterocycles. The molecule has 22 heavy (non-hydrogen) atoms. The van der Waals surface area contributed by atoms with Crippen LogP contribution in [-0.4, -0.2) is 18.1 Å². The minimum Gasteiger partial charge on any atom is -0.360 e. The van der Waals surface area contributed by atoms with Gasteiger partial charge in [-0.2, -0.15) is 8.42 Å². The van der Waals surface area contributed by atoms with Crippen molar-refractivity contribution in [2.45, 2.75) is 11.8 Å². The first kappa shape index (κ1) is 14.5. The van der Waals surface area contributed by atoms with Gasteiger partial charge in [0.1, 0.15) is 11.5 Å². The summed E-state index contributed by atoms with van der Waals surface area (Å²) in [6.07, 6.45) is 0. The number of aromatic nitrogens is 1. The molecule has 0 aliphatic carbocycles. The van der Waals surface area contributed by atoms with Crippen molar-refractivity contribution in [2.24, 2.45) is 0 Å². The fraction of sp³-hybridized carbons (Fsp3) is 0.0625. The number of hydrogen-bond acceptors (Lipinski definition) is 4. The van der Waals surface area contributed by atoms with Crippen LogP contribution in [0.1, 0.15) is 5.76 Å². The van der Waals surface area contributed by atoms with Crippen molar-refractivity contribution in [1.82, 2.24) is 5.16 Å². The molecule has 3 rings (SSSR count). The maximum absolute atomic E-state index is 11.3. The van der Waals surface area contributed by atoms with Crippen LogP contribution in [0.2, 0.25) is 0 Å². The van der Waals surface area contributed by atoms with Gasteiger partial charge in [-0.05, 0) is 24.6 Å². The van der Waals surface area contributed by atoms with Crippen molar-refractivity contribution in [3.05, 3.63) is 60.4 Å².